The molecule has 0 aliphatic carbocycles. The molecular formula is C8H6ClN3OS. The van der Waals surface area contributed by atoms with Crippen molar-refractivity contribution < 1.29 is 4.79 Å². The van der Waals surface area contributed by atoms with Crippen LogP contribution in [0, 0.1) is 0 Å². The lowest BCUT2D eigenvalue weighted by molar-refractivity contribution is 0.103. The van der Waals surface area contributed by atoms with Gasteiger partial charge in [0.15, 0.2) is 0 Å². The van der Waals surface area contributed by atoms with Crippen molar-refractivity contribution in [2.24, 2.45) is 7.05 Å². The summed E-state index contributed by atoms with van der Waals surface area (Å²) in [6.45, 7) is 0. The van der Waals surface area contributed by atoms with Crippen molar-refractivity contribution in [2.75, 3.05) is 0 Å². The van der Waals surface area contributed by atoms with E-state index in [9.17, 15) is 4.79 Å². The molecule has 0 atom stereocenters. The van der Waals surface area contributed by atoms with E-state index in [-0.39, 0.29) is 5.78 Å². The summed E-state index contributed by atoms with van der Waals surface area (Å²) in [7, 11) is 1.72. The van der Waals surface area contributed by atoms with Gasteiger partial charge in [-0.3, -0.25) is 4.79 Å². The van der Waals surface area contributed by atoms with Crippen LogP contribution in [0.5, 0.6) is 0 Å². The largest absolute Gasteiger partial charge is 0.314 e. The van der Waals surface area contributed by atoms with E-state index in [4.69, 9.17) is 11.6 Å². The number of nitrogens with zero attached hydrogens (tertiary/aromatic N) is 3. The fourth-order valence-electron chi connectivity index (χ4n) is 1.04. The lowest BCUT2D eigenvalue weighted by Crippen LogP contribution is -2.06. The van der Waals surface area contributed by atoms with Gasteiger partial charge in [0.1, 0.15) is 6.33 Å². The maximum atomic E-state index is 11.8. The molecule has 0 amide bonds. The van der Waals surface area contributed by atoms with Crippen LogP contribution >= 0.6 is 22.9 Å². The van der Waals surface area contributed by atoms with Gasteiger partial charge < -0.3 is 4.57 Å². The summed E-state index contributed by atoms with van der Waals surface area (Å²) >= 11 is 6.97. The van der Waals surface area contributed by atoms with Crippen LogP contribution in [0.15, 0.2) is 18.5 Å². The van der Waals surface area contributed by atoms with E-state index in [1.165, 1.54) is 17.7 Å². The number of aryl methyl sites for hydroxylation is 1. The van der Waals surface area contributed by atoms with E-state index in [1.807, 2.05) is 0 Å². The molecule has 0 aromatic carbocycles. The second-order valence-corrected chi connectivity index (χ2v) is 4.41. The third kappa shape index (κ3) is 1.56. The Labute approximate surface area is 89.2 Å². The lowest BCUT2D eigenvalue weighted by atomic mass is 10.3. The van der Waals surface area contributed by atoms with Crippen molar-refractivity contribution >= 4 is 28.7 Å². The summed E-state index contributed by atoms with van der Waals surface area (Å²) in [4.78, 5) is 12.3. The number of halogens is 1. The molecule has 2 heterocycles. The highest BCUT2D eigenvalue weighted by Crippen LogP contribution is 2.23. The Kier molecular flexibility index (Phi) is 2.35. The summed E-state index contributed by atoms with van der Waals surface area (Å²) in [6.07, 6.45) is 1.49. The molecule has 4 nitrogen and oxygen atoms in total. The van der Waals surface area contributed by atoms with E-state index in [1.54, 1.807) is 23.7 Å². The van der Waals surface area contributed by atoms with E-state index >= 15 is 0 Å². The fraction of sp³-hybridized carbons (Fsp3) is 0.125. The molecule has 6 heteroatoms. The second kappa shape index (κ2) is 3.51. The van der Waals surface area contributed by atoms with Crippen LogP contribution < -0.4 is 0 Å². The van der Waals surface area contributed by atoms with Gasteiger partial charge in [-0.2, -0.15) is 0 Å². The number of carbonyl (C=O) groups is 1. The minimum absolute atomic E-state index is 0.151. The van der Waals surface area contributed by atoms with Gasteiger partial charge in [-0.1, -0.05) is 11.6 Å². The molecule has 2 aromatic heterocycles. The average molecular weight is 228 g/mol. The van der Waals surface area contributed by atoms with Gasteiger partial charge in [0.25, 0.3) is 0 Å². The van der Waals surface area contributed by atoms with Crippen molar-refractivity contribution in [3.8, 4) is 0 Å². The van der Waals surface area contributed by atoms with Gasteiger partial charge in [0.2, 0.25) is 11.6 Å². The second-order valence-electron chi connectivity index (χ2n) is 2.70. The molecule has 0 saturated heterocycles. The molecule has 0 unspecified atom stereocenters. The molecule has 0 saturated carbocycles. The molecule has 2 rings (SSSR count). The number of ketones is 1. The monoisotopic (exact) mass is 227 g/mol. The van der Waals surface area contributed by atoms with Crippen LogP contribution in [0.1, 0.15) is 15.5 Å². The molecule has 0 bridgehead atoms. The Morgan fingerprint density at radius 1 is 1.57 bits per heavy atom. The van der Waals surface area contributed by atoms with Crippen molar-refractivity contribution in [3.63, 3.8) is 0 Å². The number of thiophene rings is 1. The Morgan fingerprint density at radius 3 is 2.86 bits per heavy atom. The van der Waals surface area contributed by atoms with Crippen LogP contribution in [0.2, 0.25) is 4.34 Å². The molecule has 0 aliphatic rings. The predicted molar refractivity (Wildman–Crippen MR) is 53.8 cm³/mol. The van der Waals surface area contributed by atoms with Crippen molar-refractivity contribution in [2.45, 2.75) is 0 Å². The van der Waals surface area contributed by atoms with Crippen LogP contribution in [-0.2, 0) is 7.05 Å². The Balaban J connectivity index is 2.38. The minimum atomic E-state index is -0.151. The number of hydrogen-bond donors (Lipinski definition) is 0. The molecule has 0 aliphatic heterocycles. The molecule has 0 radical (unpaired) electrons. The van der Waals surface area contributed by atoms with Gasteiger partial charge in [0, 0.05) is 7.05 Å². The molecular weight excluding hydrogens is 222 g/mol. The number of rotatable bonds is 2. The highest BCUT2D eigenvalue weighted by Gasteiger charge is 2.16. The van der Waals surface area contributed by atoms with E-state index < -0.39 is 0 Å². The smallest absolute Gasteiger partial charge is 0.240 e. The van der Waals surface area contributed by atoms with Crippen LogP contribution in [-0.4, -0.2) is 20.5 Å². The van der Waals surface area contributed by atoms with E-state index in [2.05, 4.69) is 10.2 Å². The predicted octanol–water partition coefficient (Wildman–Crippen LogP) is 1.76. The van der Waals surface area contributed by atoms with Gasteiger partial charge in [-0.25, -0.2) is 0 Å². The first-order valence-electron chi connectivity index (χ1n) is 3.82. The zero-order chi connectivity index (χ0) is 10.1. The summed E-state index contributed by atoms with van der Waals surface area (Å²) in [5.74, 6) is 0.172. The van der Waals surface area contributed by atoms with E-state index in [0.29, 0.717) is 15.0 Å². The van der Waals surface area contributed by atoms with Crippen LogP contribution in [0.3, 0.4) is 0 Å². The third-order valence-electron chi connectivity index (χ3n) is 1.71. The number of aromatic nitrogens is 3. The third-order valence-corrected chi connectivity index (χ3v) is 2.94. The maximum absolute atomic E-state index is 11.8. The zero-order valence-electron chi connectivity index (χ0n) is 7.27. The highest BCUT2D eigenvalue weighted by atomic mass is 35.5. The van der Waals surface area contributed by atoms with Crippen LogP contribution in [0.25, 0.3) is 0 Å². The first-order valence-corrected chi connectivity index (χ1v) is 5.02. The summed E-state index contributed by atoms with van der Waals surface area (Å²) in [6, 6.07) is 3.37. The minimum Gasteiger partial charge on any atom is -0.314 e. The van der Waals surface area contributed by atoms with Gasteiger partial charge >= 0.3 is 0 Å². The molecule has 2 aromatic rings. The van der Waals surface area contributed by atoms with Crippen molar-refractivity contribution in [1.29, 1.82) is 0 Å². The molecule has 0 fully saturated rings. The molecule has 72 valence electrons. The normalized spacial score (nSPS) is 10.4. The fourth-order valence-corrected chi connectivity index (χ4v) is 2.01. The first-order chi connectivity index (χ1) is 6.68. The highest BCUT2D eigenvalue weighted by molar-refractivity contribution is 7.18. The van der Waals surface area contributed by atoms with Crippen molar-refractivity contribution in [1.82, 2.24) is 14.8 Å². The lowest BCUT2D eigenvalue weighted by Gasteiger charge is -1.95. The summed E-state index contributed by atoms with van der Waals surface area (Å²) < 4.78 is 2.17. The Morgan fingerprint density at radius 2 is 2.36 bits per heavy atom. The quantitative estimate of drug-likeness (QED) is 0.735. The first kappa shape index (κ1) is 9.36. The standard InChI is InChI=1S/C8H6ClN3OS/c1-12-4-10-11-8(12)7(13)5-2-3-6(9)14-5/h2-4H,1H3. The number of hydrogen-bond acceptors (Lipinski definition) is 4. The molecule has 0 spiro atoms. The van der Waals surface area contributed by atoms with Crippen molar-refractivity contribution in [3.05, 3.63) is 33.5 Å². The van der Waals surface area contributed by atoms with Gasteiger partial charge in [0.05, 0.1) is 9.21 Å². The SMILES string of the molecule is Cn1cnnc1C(=O)c1ccc(Cl)s1. The van der Waals surface area contributed by atoms with Gasteiger partial charge in [-0.05, 0) is 12.1 Å². The zero-order valence-corrected chi connectivity index (χ0v) is 8.84. The van der Waals surface area contributed by atoms with E-state index in [0.717, 1.165) is 0 Å². The topological polar surface area (TPSA) is 47.8 Å². The van der Waals surface area contributed by atoms with Gasteiger partial charge in [-0.15, -0.1) is 21.5 Å². The Bertz CT molecular complexity index is 476. The average Bonchev–Trinajstić information content (AvgIpc) is 2.73. The summed E-state index contributed by atoms with van der Waals surface area (Å²) in [5, 5.41) is 7.37. The summed E-state index contributed by atoms with van der Waals surface area (Å²) in [5.41, 5.74) is 0. The Hall–Kier alpha value is -1.20. The number of carbonyl (C=O) groups excluding carboxylic acids is 1. The maximum Gasteiger partial charge on any atom is 0.240 e. The molecule has 0 N–H and O–H groups in total. The molecule has 14 heavy (non-hydrogen) atoms. The van der Waals surface area contributed by atoms with Crippen LogP contribution in [0.4, 0.5) is 0 Å².